The first-order valence-corrected chi connectivity index (χ1v) is 8.83. The molecule has 0 atom stereocenters. The molecule has 0 fully saturated rings. The van der Waals surface area contributed by atoms with Crippen molar-refractivity contribution in [1.29, 1.82) is 0 Å². The fraction of sp³-hybridized carbons (Fsp3) is 0.400. The lowest BCUT2D eigenvalue weighted by Gasteiger charge is -2.17. The second-order valence-electron chi connectivity index (χ2n) is 6.18. The zero-order valence-electron chi connectivity index (χ0n) is 16.2. The van der Waals surface area contributed by atoms with Gasteiger partial charge in [0.05, 0.1) is 20.3 Å². The molecule has 1 heterocycles. The largest absolute Gasteiger partial charge is 0.494 e. The van der Waals surface area contributed by atoms with Crippen molar-refractivity contribution in [2.75, 3.05) is 20.8 Å². The number of aryl methyl sites for hydroxylation is 1. The number of carbonyl (C=O) groups excluding carboxylic acids is 2. The van der Waals surface area contributed by atoms with Gasteiger partial charge < -0.3 is 24.1 Å². The van der Waals surface area contributed by atoms with Crippen LogP contribution in [0.4, 0.5) is 4.79 Å². The minimum atomic E-state index is -0.459. The molecule has 0 spiro atoms. The van der Waals surface area contributed by atoms with Gasteiger partial charge in [0.1, 0.15) is 22.8 Å². The van der Waals surface area contributed by atoms with Gasteiger partial charge in [-0.1, -0.05) is 19.1 Å². The maximum Gasteiger partial charge on any atom is 0.341 e. The third-order valence-corrected chi connectivity index (χ3v) is 3.93. The number of methoxy groups -OCH3 is 1. The average Bonchev–Trinajstić information content (AvgIpc) is 3.04. The Morgan fingerprint density at radius 3 is 2.74 bits per heavy atom. The highest BCUT2D eigenvalue weighted by Gasteiger charge is 2.17. The third kappa shape index (κ3) is 5.77. The number of ether oxygens (including phenoxy) is 2. The molecule has 146 valence electrons. The predicted molar refractivity (Wildman–Crippen MR) is 101 cm³/mol. The Kier molecular flexibility index (Phi) is 7.28. The average molecular weight is 374 g/mol. The molecule has 27 heavy (non-hydrogen) atoms. The lowest BCUT2D eigenvalue weighted by atomic mass is 10.2. The summed E-state index contributed by atoms with van der Waals surface area (Å²) in [6.07, 6.45) is 0.940. The smallest absolute Gasteiger partial charge is 0.341 e. The molecule has 0 radical (unpaired) electrons. The zero-order chi connectivity index (χ0) is 19.8. The standard InChI is InChI=1S/C20H26N2O5/c1-5-9-26-16-8-6-7-15(10-16)12-21-20(24)22(3)13-17-11-18(14(2)27-17)19(23)25-4/h6-8,10-11H,5,9,12-13H2,1-4H3,(H,21,24). The topological polar surface area (TPSA) is 81.0 Å². The van der Waals surface area contributed by atoms with Crippen molar-refractivity contribution >= 4 is 12.0 Å². The van der Waals surface area contributed by atoms with Crippen LogP contribution in [0.25, 0.3) is 0 Å². The molecule has 1 aromatic carbocycles. The van der Waals surface area contributed by atoms with Crippen LogP contribution in [0.3, 0.4) is 0 Å². The molecule has 0 aliphatic carbocycles. The Morgan fingerprint density at radius 2 is 2.04 bits per heavy atom. The monoisotopic (exact) mass is 374 g/mol. The van der Waals surface area contributed by atoms with Gasteiger partial charge in [0.15, 0.2) is 0 Å². The first-order valence-electron chi connectivity index (χ1n) is 8.83. The lowest BCUT2D eigenvalue weighted by Crippen LogP contribution is -2.36. The van der Waals surface area contributed by atoms with E-state index in [-0.39, 0.29) is 12.6 Å². The van der Waals surface area contributed by atoms with Gasteiger partial charge in [0, 0.05) is 13.6 Å². The van der Waals surface area contributed by atoms with Crippen LogP contribution in [0.15, 0.2) is 34.7 Å². The van der Waals surface area contributed by atoms with Crippen LogP contribution >= 0.6 is 0 Å². The number of carbonyl (C=O) groups is 2. The summed E-state index contributed by atoms with van der Waals surface area (Å²) in [5.41, 5.74) is 1.32. The predicted octanol–water partition coefficient (Wildman–Crippen LogP) is 3.51. The molecule has 7 heteroatoms. The van der Waals surface area contributed by atoms with E-state index in [0.29, 0.717) is 30.2 Å². The van der Waals surface area contributed by atoms with Gasteiger partial charge >= 0.3 is 12.0 Å². The van der Waals surface area contributed by atoms with E-state index in [4.69, 9.17) is 13.9 Å². The van der Waals surface area contributed by atoms with Crippen molar-refractivity contribution in [3.8, 4) is 5.75 Å². The number of amides is 2. The van der Waals surface area contributed by atoms with Crippen molar-refractivity contribution in [1.82, 2.24) is 10.2 Å². The summed E-state index contributed by atoms with van der Waals surface area (Å²) in [6, 6.07) is 8.98. The van der Waals surface area contributed by atoms with Gasteiger partial charge in [-0.2, -0.15) is 0 Å². The van der Waals surface area contributed by atoms with E-state index in [2.05, 4.69) is 12.2 Å². The number of urea groups is 1. The van der Waals surface area contributed by atoms with Gasteiger partial charge in [0.2, 0.25) is 0 Å². The van der Waals surface area contributed by atoms with E-state index >= 15 is 0 Å². The van der Waals surface area contributed by atoms with E-state index < -0.39 is 5.97 Å². The molecule has 0 aliphatic rings. The molecule has 2 aromatic rings. The Balaban J connectivity index is 1.90. The van der Waals surface area contributed by atoms with Gasteiger partial charge in [-0.25, -0.2) is 9.59 Å². The second kappa shape index (κ2) is 9.66. The van der Waals surface area contributed by atoms with E-state index in [9.17, 15) is 9.59 Å². The molecule has 0 aliphatic heterocycles. The van der Waals surface area contributed by atoms with Crippen molar-refractivity contribution < 1.29 is 23.5 Å². The van der Waals surface area contributed by atoms with Gasteiger partial charge in [-0.15, -0.1) is 0 Å². The number of rotatable bonds is 8. The first kappa shape index (κ1) is 20.4. The fourth-order valence-electron chi connectivity index (χ4n) is 2.52. The van der Waals surface area contributed by atoms with Gasteiger partial charge in [0.25, 0.3) is 0 Å². The quantitative estimate of drug-likeness (QED) is 0.715. The van der Waals surface area contributed by atoms with Crippen molar-refractivity contribution in [3.05, 3.63) is 53.0 Å². The molecule has 2 rings (SSSR count). The molecule has 7 nitrogen and oxygen atoms in total. The maximum atomic E-state index is 12.3. The fourth-order valence-corrected chi connectivity index (χ4v) is 2.52. The Morgan fingerprint density at radius 1 is 1.26 bits per heavy atom. The van der Waals surface area contributed by atoms with Crippen LogP contribution in [-0.2, 0) is 17.8 Å². The molecular weight excluding hydrogens is 348 g/mol. The minimum absolute atomic E-state index is 0.239. The Labute approximate surface area is 159 Å². The van der Waals surface area contributed by atoms with E-state index in [1.54, 1.807) is 20.0 Å². The first-order chi connectivity index (χ1) is 12.9. The van der Waals surface area contributed by atoms with Crippen LogP contribution in [0.2, 0.25) is 0 Å². The second-order valence-corrected chi connectivity index (χ2v) is 6.18. The van der Waals surface area contributed by atoms with E-state index in [1.807, 2.05) is 24.3 Å². The molecule has 0 unspecified atom stereocenters. The summed E-state index contributed by atoms with van der Waals surface area (Å²) in [4.78, 5) is 25.4. The Bertz CT molecular complexity index is 784. The van der Waals surface area contributed by atoms with Crippen LogP contribution in [0.5, 0.6) is 5.75 Å². The molecule has 1 N–H and O–H groups in total. The highest BCUT2D eigenvalue weighted by molar-refractivity contribution is 5.90. The highest BCUT2D eigenvalue weighted by Crippen LogP contribution is 2.17. The van der Waals surface area contributed by atoms with Crippen molar-refractivity contribution in [2.45, 2.75) is 33.4 Å². The number of nitrogens with one attached hydrogen (secondary N) is 1. The van der Waals surface area contributed by atoms with Crippen molar-refractivity contribution in [3.63, 3.8) is 0 Å². The number of furan rings is 1. The summed E-state index contributed by atoms with van der Waals surface area (Å²) in [5.74, 6) is 1.31. The van der Waals surface area contributed by atoms with Crippen LogP contribution in [-0.4, -0.2) is 37.7 Å². The minimum Gasteiger partial charge on any atom is -0.494 e. The third-order valence-electron chi connectivity index (χ3n) is 3.93. The molecule has 0 saturated heterocycles. The molecular formula is C20H26N2O5. The van der Waals surface area contributed by atoms with E-state index in [0.717, 1.165) is 17.7 Å². The molecule has 0 bridgehead atoms. The molecule has 2 amide bonds. The van der Waals surface area contributed by atoms with Gasteiger partial charge in [-0.05, 0) is 37.1 Å². The number of benzene rings is 1. The highest BCUT2D eigenvalue weighted by atomic mass is 16.5. The van der Waals surface area contributed by atoms with Crippen LogP contribution < -0.4 is 10.1 Å². The summed E-state index contributed by atoms with van der Waals surface area (Å²) in [6.45, 7) is 5.02. The summed E-state index contributed by atoms with van der Waals surface area (Å²) < 4.78 is 15.8. The number of esters is 1. The zero-order valence-corrected chi connectivity index (χ0v) is 16.2. The lowest BCUT2D eigenvalue weighted by molar-refractivity contribution is 0.0598. The summed E-state index contributed by atoms with van der Waals surface area (Å²) >= 11 is 0. The van der Waals surface area contributed by atoms with E-state index in [1.165, 1.54) is 12.0 Å². The SMILES string of the molecule is CCCOc1cccc(CNC(=O)N(C)Cc2cc(C(=O)OC)c(C)o2)c1. The molecule has 0 saturated carbocycles. The number of hydrogen-bond donors (Lipinski definition) is 1. The maximum absolute atomic E-state index is 12.3. The number of hydrogen-bond acceptors (Lipinski definition) is 5. The number of nitrogens with zero attached hydrogens (tertiary/aromatic N) is 1. The van der Waals surface area contributed by atoms with Crippen LogP contribution in [0, 0.1) is 6.92 Å². The van der Waals surface area contributed by atoms with Crippen LogP contribution in [0.1, 0.15) is 40.8 Å². The normalized spacial score (nSPS) is 10.4. The molecule has 1 aromatic heterocycles. The Hall–Kier alpha value is -2.96. The summed E-state index contributed by atoms with van der Waals surface area (Å²) in [5, 5.41) is 2.86. The van der Waals surface area contributed by atoms with Crippen molar-refractivity contribution in [2.24, 2.45) is 0 Å². The van der Waals surface area contributed by atoms with Gasteiger partial charge in [-0.3, -0.25) is 0 Å². The summed E-state index contributed by atoms with van der Waals surface area (Å²) in [7, 11) is 2.97.